The highest BCUT2D eigenvalue weighted by molar-refractivity contribution is 7.89. The van der Waals surface area contributed by atoms with E-state index in [-0.39, 0.29) is 18.0 Å². The van der Waals surface area contributed by atoms with E-state index < -0.39 is 10.0 Å². The third-order valence-electron chi connectivity index (χ3n) is 3.29. The molecular weight excluding hydrogens is 286 g/mol. The molecule has 112 valence electrons. The molecule has 2 rings (SSSR count). The van der Waals surface area contributed by atoms with Crippen LogP contribution < -0.4 is 0 Å². The number of hydrogen-bond donors (Lipinski definition) is 1. The summed E-state index contributed by atoms with van der Waals surface area (Å²) in [5.41, 5.74) is 1.53. The summed E-state index contributed by atoms with van der Waals surface area (Å²) in [7, 11) is -3.62. The topological polar surface area (TPSA) is 57.6 Å². The van der Waals surface area contributed by atoms with Crippen molar-refractivity contribution >= 4 is 10.0 Å². The molecule has 5 heteroatoms. The van der Waals surface area contributed by atoms with E-state index in [9.17, 15) is 8.42 Å². The van der Waals surface area contributed by atoms with Gasteiger partial charge in [0.25, 0.3) is 0 Å². The highest BCUT2D eigenvalue weighted by atomic mass is 32.2. The summed E-state index contributed by atoms with van der Waals surface area (Å²) >= 11 is 0. The fraction of sp³-hybridized carbons (Fsp3) is 0.250. The largest absolute Gasteiger partial charge is 0.395 e. The maximum Gasteiger partial charge on any atom is 0.243 e. The molecule has 0 aliphatic rings. The van der Waals surface area contributed by atoms with E-state index in [1.165, 1.54) is 4.31 Å². The van der Waals surface area contributed by atoms with Crippen LogP contribution in [0.15, 0.2) is 59.5 Å². The maximum atomic E-state index is 12.8. The minimum atomic E-state index is -3.62. The Morgan fingerprint density at radius 3 is 2.24 bits per heavy atom. The third kappa shape index (κ3) is 3.32. The van der Waals surface area contributed by atoms with E-state index in [1.807, 2.05) is 36.4 Å². The van der Waals surface area contributed by atoms with E-state index >= 15 is 0 Å². The molecule has 0 amide bonds. The van der Waals surface area contributed by atoms with Gasteiger partial charge in [0.05, 0.1) is 11.5 Å². The van der Waals surface area contributed by atoms with Crippen LogP contribution in [-0.4, -0.2) is 37.5 Å². The van der Waals surface area contributed by atoms with Crippen molar-refractivity contribution in [3.8, 4) is 11.1 Å². The molecule has 2 aromatic rings. The van der Waals surface area contributed by atoms with Crippen LogP contribution >= 0.6 is 0 Å². The lowest BCUT2D eigenvalue weighted by Crippen LogP contribution is -2.33. The van der Waals surface area contributed by atoms with Gasteiger partial charge in [0.2, 0.25) is 10.0 Å². The number of nitrogens with zero attached hydrogens (tertiary/aromatic N) is 1. The Morgan fingerprint density at radius 1 is 1.00 bits per heavy atom. The number of hydrogen-bond acceptors (Lipinski definition) is 3. The zero-order chi connectivity index (χ0) is 15.3. The number of sulfonamides is 1. The Morgan fingerprint density at radius 2 is 1.62 bits per heavy atom. The molecule has 4 nitrogen and oxygen atoms in total. The summed E-state index contributed by atoms with van der Waals surface area (Å²) in [6.45, 7) is 1.99. The molecule has 0 fully saturated rings. The zero-order valence-electron chi connectivity index (χ0n) is 11.9. The second-order valence-corrected chi connectivity index (χ2v) is 6.49. The lowest BCUT2D eigenvalue weighted by Gasteiger charge is -2.21. The molecule has 0 atom stereocenters. The van der Waals surface area contributed by atoms with Crippen LogP contribution in [0, 0.1) is 0 Å². The van der Waals surface area contributed by atoms with E-state index in [1.54, 1.807) is 25.1 Å². The number of aliphatic hydroxyl groups is 1. The molecule has 1 N–H and O–H groups in total. The minimum Gasteiger partial charge on any atom is -0.395 e. The molecule has 0 bridgehead atoms. The van der Waals surface area contributed by atoms with Crippen LogP contribution in [0.5, 0.6) is 0 Å². The van der Waals surface area contributed by atoms with Crippen LogP contribution in [0.4, 0.5) is 0 Å². The summed E-state index contributed by atoms with van der Waals surface area (Å²) in [6, 6.07) is 16.4. The molecule has 2 aromatic carbocycles. The predicted molar refractivity (Wildman–Crippen MR) is 83.4 cm³/mol. The van der Waals surface area contributed by atoms with E-state index in [0.29, 0.717) is 12.1 Å². The zero-order valence-corrected chi connectivity index (χ0v) is 12.8. The lowest BCUT2D eigenvalue weighted by molar-refractivity contribution is 0.257. The standard InChI is InChI=1S/C16H19NO3S/c1-2-17(12-13-18)21(19,20)16-11-7-6-10-15(16)14-8-4-3-5-9-14/h3-11,18H,2,12-13H2,1H3. The van der Waals surface area contributed by atoms with E-state index in [0.717, 1.165) is 5.56 Å². The first-order valence-electron chi connectivity index (χ1n) is 6.86. The number of rotatable bonds is 6. The molecule has 0 spiro atoms. The van der Waals surface area contributed by atoms with Gasteiger partial charge in [-0.2, -0.15) is 4.31 Å². The van der Waals surface area contributed by atoms with Crippen LogP contribution in [-0.2, 0) is 10.0 Å². The molecular formula is C16H19NO3S. The number of aliphatic hydroxyl groups excluding tert-OH is 1. The first-order chi connectivity index (χ1) is 10.1. The van der Waals surface area contributed by atoms with Crippen molar-refractivity contribution in [1.29, 1.82) is 0 Å². The first-order valence-corrected chi connectivity index (χ1v) is 8.30. The van der Waals surface area contributed by atoms with Gasteiger partial charge in [-0.15, -0.1) is 0 Å². The average Bonchev–Trinajstić information content (AvgIpc) is 2.53. The molecule has 0 aliphatic heterocycles. The second kappa shape index (κ2) is 6.85. The van der Waals surface area contributed by atoms with Gasteiger partial charge in [-0.25, -0.2) is 8.42 Å². The normalized spacial score (nSPS) is 11.8. The number of benzene rings is 2. The van der Waals surface area contributed by atoms with Crippen molar-refractivity contribution in [2.45, 2.75) is 11.8 Å². The highest BCUT2D eigenvalue weighted by Gasteiger charge is 2.25. The van der Waals surface area contributed by atoms with Crippen molar-refractivity contribution in [3.63, 3.8) is 0 Å². The molecule has 21 heavy (non-hydrogen) atoms. The second-order valence-electron chi connectivity index (χ2n) is 4.58. The smallest absolute Gasteiger partial charge is 0.243 e. The maximum absolute atomic E-state index is 12.8. The minimum absolute atomic E-state index is 0.0992. The Bertz CT molecular complexity index is 684. The Hall–Kier alpha value is -1.69. The number of likely N-dealkylation sites (N-methyl/N-ethyl adjacent to an activating group) is 1. The molecule has 0 aliphatic carbocycles. The molecule has 0 unspecified atom stereocenters. The summed E-state index contributed by atoms with van der Waals surface area (Å²) in [5, 5.41) is 9.06. The van der Waals surface area contributed by atoms with Gasteiger partial charge in [0.15, 0.2) is 0 Å². The van der Waals surface area contributed by atoms with Crippen LogP contribution in [0.2, 0.25) is 0 Å². The first kappa shape index (κ1) is 15.7. The fourth-order valence-corrected chi connectivity index (χ4v) is 3.90. The molecule has 0 saturated heterocycles. The van der Waals surface area contributed by atoms with Gasteiger partial charge in [0, 0.05) is 18.7 Å². The van der Waals surface area contributed by atoms with Gasteiger partial charge in [-0.3, -0.25) is 0 Å². The Kier molecular flexibility index (Phi) is 5.12. The molecule has 0 heterocycles. The Labute approximate surface area is 125 Å². The van der Waals surface area contributed by atoms with Crippen LogP contribution in [0.25, 0.3) is 11.1 Å². The van der Waals surface area contributed by atoms with Gasteiger partial charge in [-0.05, 0) is 11.6 Å². The van der Waals surface area contributed by atoms with Gasteiger partial charge < -0.3 is 5.11 Å². The lowest BCUT2D eigenvalue weighted by atomic mass is 10.1. The summed E-state index contributed by atoms with van der Waals surface area (Å²) in [5.74, 6) is 0. The SMILES string of the molecule is CCN(CCO)S(=O)(=O)c1ccccc1-c1ccccc1. The molecule has 0 aromatic heterocycles. The van der Waals surface area contributed by atoms with Crippen molar-refractivity contribution in [2.24, 2.45) is 0 Å². The van der Waals surface area contributed by atoms with Crippen LogP contribution in [0.3, 0.4) is 0 Å². The average molecular weight is 305 g/mol. The van der Waals surface area contributed by atoms with Crippen molar-refractivity contribution < 1.29 is 13.5 Å². The third-order valence-corrected chi connectivity index (χ3v) is 5.32. The van der Waals surface area contributed by atoms with Crippen molar-refractivity contribution in [1.82, 2.24) is 4.31 Å². The fourth-order valence-electron chi connectivity index (χ4n) is 2.25. The highest BCUT2D eigenvalue weighted by Crippen LogP contribution is 2.29. The van der Waals surface area contributed by atoms with E-state index in [4.69, 9.17) is 5.11 Å². The van der Waals surface area contributed by atoms with Crippen molar-refractivity contribution in [3.05, 3.63) is 54.6 Å². The summed E-state index contributed by atoms with van der Waals surface area (Å²) in [6.07, 6.45) is 0. The molecule has 0 radical (unpaired) electrons. The predicted octanol–water partition coefficient (Wildman–Crippen LogP) is 2.36. The Balaban J connectivity index is 2.55. The summed E-state index contributed by atoms with van der Waals surface area (Å²) < 4.78 is 26.8. The van der Waals surface area contributed by atoms with Gasteiger partial charge >= 0.3 is 0 Å². The van der Waals surface area contributed by atoms with Gasteiger partial charge in [-0.1, -0.05) is 55.5 Å². The monoisotopic (exact) mass is 305 g/mol. The van der Waals surface area contributed by atoms with Crippen LogP contribution in [0.1, 0.15) is 6.92 Å². The van der Waals surface area contributed by atoms with E-state index in [2.05, 4.69) is 0 Å². The molecule has 0 saturated carbocycles. The quantitative estimate of drug-likeness (QED) is 0.891. The van der Waals surface area contributed by atoms with Crippen molar-refractivity contribution in [2.75, 3.05) is 19.7 Å². The summed E-state index contributed by atoms with van der Waals surface area (Å²) in [4.78, 5) is 0.270. The van der Waals surface area contributed by atoms with Gasteiger partial charge in [0.1, 0.15) is 0 Å².